The van der Waals surface area contributed by atoms with Crippen LogP contribution in [0.1, 0.15) is 40.0 Å². The molecule has 0 aromatic heterocycles. The molecule has 1 N–H and O–H groups in total. The number of likely N-dealkylation sites (tertiary alicyclic amines) is 1. The fourth-order valence-electron chi connectivity index (χ4n) is 2.88. The summed E-state index contributed by atoms with van der Waals surface area (Å²) in [6.45, 7) is 7.20. The first kappa shape index (κ1) is 12.7. The predicted molar refractivity (Wildman–Crippen MR) is 64.6 cm³/mol. The van der Waals surface area contributed by atoms with E-state index in [0.717, 1.165) is 32.4 Å². The van der Waals surface area contributed by atoms with Crippen molar-refractivity contribution in [1.82, 2.24) is 4.90 Å². The van der Waals surface area contributed by atoms with E-state index in [9.17, 15) is 9.90 Å². The lowest BCUT2D eigenvalue weighted by Gasteiger charge is -2.27. The van der Waals surface area contributed by atoms with Crippen LogP contribution in [0, 0.1) is 11.8 Å². The van der Waals surface area contributed by atoms with Crippen LogP contribution in [-0.2, 0) is 4.74 Å². The molecule has 4 nitrogen and oxygen atoms in total. The van der Waals surface area contributed by atoms with Crippen LogP contribution in [0.3, 0.4) is 0 Å². The number of carbonyl (C=O) groups is 1. The van der Waals surface area contributed by atoms with Gasteiger partial charge in [0, 0.05) is 13.1 Å². The van der Waals surface area contributed by atoms with E-state index in [0.29, 0.717) is 11.8 Å². The Balaban J connectivity index is 1.91. The first-order chi connectivity index (χ1) is 7.85. The summed E-state index contributed by atoms with van der Waals surface area (Å²) in [5.41, 5.74) is -0.426. The molecule has 2 fully saturated rings. The van der Waals surface area contributed by atoms with E-state index < -0.39 is 5.60 Å². The summed E-state index contributed by atoms with van der Waals surface area (Å²) in [7, 11) is 0. The fourth-order valence-corrected chi connectivity index (χ4v) is 2.88. The van der Waals surface area contributed by atoms with Gasteiger partial charge in [0.2, 0.25) is 0 Å². The summed E-state index contributed by atoms with van der Waals surface area (Å²) >= 11 is 0. The monoisotopic (exact) mass is 241 g/mol. The van der Waals surface area contributed by atoms with E-state index in [1.165, 1.54) is 0 Å². The number of aliphatic hydroxyl groups is 1. The maximum absolute atomic E-state index is 11.9. The van der Waals surface area contributed by atoms with Gasteiger partial charge in [-0.1, -0.05) is 0 Å². The smallest absolute Gasteiger partial charge is 0.410 e. The molecule has 0 unspecified atom stereocenters. The highest BCUT2D eigenvalue weighted by Gasteiger charge is 2.40. The largest absolute Gasteiger partial charge is 0.444 e. The van der Waals surface area contributed by atoms with E-state index >= 15 is 0 Å². The SMILES string of the molecule is CC(C)(C)OC(=O)N1C[C@H]2C[C@H](O)CC[C@H]2C1. The van der Waals surface area contributed by atoms with Crippen LogP contribution in [0.5, 0.6) is 0 Å². The molecule has 4 heteroatoms. The zero-order chi connectivity index (χ0) is 12.6. The molecule has 98 valence electrons. The van der Waals surface area contributed by atoms with Crippen LogP contribution in [0.2, 0.25) is 0 Å². The molecule has 0 bridgehead atoms. The van der Waals surface area contributed by atoms with Gasteiger partial charge in [0.1, 0.15) is 5.60 Å². The van der Waals surface area contributed by atoms with Crippen LogP contribution in [0.25, 0.3) is 0 Å². The summed E-state index contributed by atoms with van der Waals surface area (Å²) in [4.78, 5) is 13.7. The van der Waals surface area contributed by atoms with Gasteiger partial charge in [-0.2, -0.15) is 0 Å². The van der Waals surface area contributed by atoms with E-state index in [-0.39, 0.29) is 12.2 Å². The maximum atomic E-state index is 11.9. The van der Waals surface area contributed by atoms with Gasteiger partial charge >= 0.3 is 6.09 Å². The molecule has 1 aliphatic heterocycles. The third kappa shape index (κ3) is 3.12. The Bertz CT molecular complexity index is 298. The third-order valence-electron chi connectivity index (χ3n) is 3.67. The lowest BCUT2D eigenvalue weighted by molar-refractivity contribution is 0.0282. The lowest BCUT2D eigenvalue weighted by Crippen LogP contribution is -2.35. The van der Waals surface area contributed by atoms with Crippen molar-refractivity contribution in [1.29, 1.82) is 0 Å². The fraction of sp³-hybridized carbons (Fsp3) is 0.923. The minimum absolute atomic E-state index is 0.171. The van der Waals surface area contributed by atoms with Crippen LogP contribution in [0.15, 0.2) is 0 Å². The standard InChI is InChI=1S/C13H23NO3/c1-13(2,3)17-12(16)14-7-9-4-5-11(15)6-10(9)8-14/h9-11,15H,4-8H2,1-3H3/t9-,10+,11+/m0/s1. The molecule has 0 aromatic rings. The average molecular weight is 241 g/mol. The Morgan fingerprint density at radius 1 is 1.24 bits per heavy atom. The molecule has 1 amide bonds. The highest BCUT2D eigenvalue weighted by atomic mass is 16.6. The number of hydrogen-bond acceptors (Lipinski definition) is 3. The lowest BCUT2D eigenvalue weighted by atomic mass is 9.80. The van der Waals surface area contributed by atoms with Gasteiger partial charge in [0.15, 0.2) is 0 Å². The average Bonchev–Trinajstić information content (AvgIpc) is 2.57. The van der Waals surface area contributed by atoms with Gasteiger partial charge < -0.3 is 14.7 Å². The Hall–Kier alpha value is -0.770. The second kappa shape index (κ2) is 4.48. The third-order valence-corrected chi connectivity index (χ3v) is 3.67. The number of nitrogens with zero attached hydrogens (tertiary/aromatic N) is 1. The summed E-state index contributed by atoms with van der Waals surface area (Å²) in [5, 5.41) is 9.63. The first-order valence-electron chi connectivity index (χ1n) is 6.51. The van der Waals surface area contributed by atoms with Gasteiger partial charge in [0.05, 0.1) is 6.10 Å². The summed E-state index contributed by atoms with van der Waals surface area (Å²) in [6.07, 6.45) is 2.37. The van der Waals surface area contributed by atoms with Crippen molar-refractivity contribution in [2.75, 3.05) is 13.1 Å². The molecule has 3 atom stereocenters. The highest BCUT2D eigenvalue weighted by molar-refractivity contribution is 5.68. The molecule has 1 aliphatic carbocycles. The van der Waals surface area contributed by atoms with Crippen LogP contribution in [0.4, 0.5) is 4.79 Å². The number of amides is 1. The van der Waals surface area contributed by atoms with Crippen LogP contribution in [-0.4, -0.2) is 40.9 Å². The molecule has 2 aliphatic rings. The summed E-state index contributed by atoms with van der Waals surface area (Å²) in [5.74, 6) is 1.03. The van der Waals surface area contributed by atoms with Crippen LogP contribution < -0.4 is 0 Å². The summed E-state index contributed by atoms with van der Waals surface area (Å²) in [6, 6.07) is 0. The number of aliphatic hydroxyl groups excluding tert-OH is 1. The second-order valence-corrected chi connectivity index (χ2v) is 6.37. The normalized spacial score (nSPS) is 33.4. The van der Waals surface area contributed by atoms with Crippen molar-refractivity contribution in [2.45, 2.75) is 51.7 Å². The Morgan fingerprint density at radius 3 is 2.53 bits per heavy atom. The van der Waals surface area contributed by atoms with Crippen molar-refractivity contribution in [2.24, 2.45) is 11.8 Å². The van der Waals surface area contributed by atoms with Gasteiger partial charge in [-0.25, -0.2) is 4.79 Å². The molecular weight excluding hydrogens is 218 g/mol. The van der Waals surface area contributed by atoms with E-state index in [2.05, 4.69) is 0 Å². The molecule has 2 rings (SSSR count). The van der Waals surface area contributed by atoms with Crippen molar-refractivity contribution >= 4 is 6.09 Å². The van der Waals surface area contributed by atoms with Crippen molar-refractivity contribution in [3.05, 3.63) is 0 Å². The van der Waals surface area contributed by atoms with Gasteiger partial charge in [-0.05, 0) is 51.9 Å². The van der Waals surface area contributed by atoms with Crippen LogP contribution >= 0.6 is 0 Å². The topological polar surface area (TPSA) is 49.8 Å². The number of fused-ring (bicyclic) bond motifs is 1. The van der Waals surface area contributed by atoms with Gasteiger partial charge in [0.25, 0.3) is 0 Å². The quantitative estimate of drug-likeness (QED) is 0.706. The molecule has 1 heterocycles. The van der Waals surface area contributed by atoms with E-state index in [4.69, 9.17) is 4.74 Å². The number of rotatable bonds is 0. The van der Waals surface area contributed by atoms with Crippen molar-refractivity contribution in [3.63, 3.8) is 0 Å². The van der Waals surface area contributed by atoms with E-state index in [1.807, 2.05) is 20.8 Å². The summed E-state index contributed by atoms with van der Waals surface area (Å²) < 4.78 is 5.38. The highest BCUT2D eigenvalue weighted by Crippen LogP contribution is 2.36. The Morgan fingerprint density at radius 2 is 1.88 bits per heavy atom. The van der Waals surface area contributed by atoms with Crippen molar-refractivity contribution in [3.8, 4) is 0 Å². The Kier molecular flexibility index (Phi) is 3.34. The molecule has 0 radical (unpaired) electrons. The molecule has 1 saturated heterocycles. The number of carbonyl (C=O) groups excluding carboxylic acids is 1. The zero-order valence-corrected chi connectivity index (χ0v) is 11.0. The number of hydrogen-bond donors (Lipinski definition) is 1. The molecular formula is C13H23NO3. The van der Waals surface area contributed by atoms with Gasteiger partial charge in [-0.3, -0.25) is 0 Å². The predicted octanol–water partition coefficient (Wildman–Crippen LogP) is 2.01. The molecule has 0 spiro atoms. The zero-order valence-electron chi connectivity index (χ0n) is 11.0. The minimum Gasteiger partial charge on any atom is -0.444 e. The Labute approximate surface area is 103 Å². The first-order valence-corrected chi connectivity index (χ1v) is 6.51. The second-order valence-electron chi connectivity index (χ2n) is 6.37. The van der Waals surface area contributed by atoms with E-state index in [1.54, 1.807) is 4.90 Å². The van der Waals surface area contributed by atoms with Gasteiger partial charge in [-0.15, -0.1) is 0 Å². The van der Waals surface area contributed by atoms with Crippen molar-refractivity contribution < 1.29 is 14.6 Å². The maximum Gasteiger partial charge on any atom is 0.410 e. The molecule has 1 saturated carbocycles. The molecule has 17 heavy (non-hydrogen) atoms. The number of ether oxygens (including phenoxy) is 1. The minimum atomic E-state index is -0.426. The molecule has 0 aromatic carbocycles.